The number of hydrogen-bond acceptors (Lipinski definition) is 8. The monoisotopic (exact) mass is 514 g/mol. The minimum absolute atomic E-state index is 0.146. The number of carbonyl (C=O) groups excluding carboxylic acids is 4. The Labute approximate surface area is 210 Å². The van der Waals surface area contributed by atoms with Crippen molar-refractivity contribution in [2.45, 2.75) is 6.92 Å². The van der Waals surface area contributed by atoms with Gasteiger partial charge in [0.05, 0.1) is 30.3 Å². The predicted molar refractivity (Wildman–Crippen MR) is 129 cm³/mol. The highest BCUT2D eigenvalue weighted by Gasteiger charge is 2.37. The Kier molecular flexibility index (Phi) is 8.01. The third kappa shape index (κ3) is 5.92. The SMILES string of the molecule is CCOc1cc(/C=C2\SC(=O)N(CC(=O)N3CCOCC3)C2=O)ccc1OC(=O)c1ccc(F)cc1. The molecule has 188 valence electrons. The van der Waals surface area contributed by atoms with Crippen molar-refractivity contribution in [3.8, 4) is 11.5 Å². The zero-order chi connectivity index (χ0) is 25.7. The zero-order valence-corrected chi connectivity index (χ0v) is 20.2. The summed E-state index contributed by atoms with van der Waals surface area (Å²) in [4.78, 5) is 52.8. The number of rotatable bonds is 7. The van der Waals surface area contributed by atoms with Crippen LogP contribution >= 0.6 is 11.8 Å². The molecule has 2 fully saturated rings. The van der Waals surface area contributed by atoms with Crippen molar-refractivity contribution in [1.82, 2.24) is 9.80 Å². The number of morpholine rings is 1. The lowest BCUT2D eigenvalue weighted by Crippen LogP contribution is -2.46. The normalized spacial score (nSPS) is 17.0. The molecule has 0 radical (unpaired) electrons. The van der Waals surface area contributed by atoms with Gasteiger partial charge >= 0.3 is 5.97 Å². The van der Waals surface area contributed by atoms with Crippen LogP contribution in [0.1, 0.15) is 22.8 Å². The molecule has 36 heavy (non-hydrogen) atoms. The molecule has 0 N–H and O–H groups in total. The molecular formula is C25H23FN2O7S. The van der Waals surface area contributed by atoms with Crippen LogP contribution in [0.15, 0.2) is 47.4 Å². The first-order valence-electron chi connectivity index (χ1n) is 11.2. The molecule has 2 aromatic carbocycles. The molecule has 3 amide bonds. The molecular weight excluding hydrogens is 491 g/mol. The van der Waals surface area contributed by atoms with Crippen LogP contribution in [0.4, 0.5) is 9.18 Å². The Bertz CT molecular complexity index is 1210. The molecule has 0 atom stereocenters. The Hall–Kier alpha value is -3.70. The summed E-state index contributed by atoms with van der Waals surface area (Å²) in [5, 5.41) is -0.525. The summed E-state index contributed by atoms with van der Waals surface area (Å²) in [5.41, 5.74) is 0.702. The molecule has 0 aliphatic carbocycles. The van der Waals surface area contributed by atoms with E-state index in [1.165, 1.54) is 24.3 Å². The van der Waals surface area contributed by atoms with E-state index in [0.717, 1.165) is 28.8 Å². The summed E-state index contributed by atoms with van der Waals surface area (Å²) in [5.74, 6) is -1.63. The fourth-order valence-electron chi connectivity index (χ4n) is 3.55. The smallest absolute Gasteiger partial charge is 0.343 e. The topological polar surface area (TPSA) is 102 Å². The molecule has 9 nitrogen and oxygen atoms in total. The van der Waals surface area contributed by atoms with Crippen molar-refractivity contribution in [3.05, 3.63) is 64.3 Å². The summed E-state index contributed by atoms with van der Waals surface area (Å²) >= 11 is 0.744. The fraction of sp³-hybridized carbons (Fsp3) is 0.280. The molecule has 2 saturated heterocycles. The van der Waals surface area contributed by atoms with E-state index in [-0.39, 0.29) is 41.0 Å². The van der Waals surface area contributed by atoms with E-state index in [0.29, 0.717) is 31.9 Å². The van der Waals surface area contributed by atoms with Gasteiger partial charge in [-0.3, -0.25) is 19.3 Å². The lowest BCUT2D eigenvalue weighted by molar-refractivity contribution is -0.139. The Balaban J connectivity index is 1.48. The van der Waals surface area contributed by atoms with E-state index in [1.54, 1.807) is 24.0 Å². The number of ether oxygens (including phenoxy) is 3. The average molecular weight is 515 g/mol. The summed E-state index contributed by atoms with van der Waals surface area (Å²) in [7, 11) is 0. The number of benzene rings is 2. The summed E-state index contributed by atoms with van der Waals surface area (Å²) < 4.78 is 29.4. The highest BCUT2D eigenvalue weighted by Crippen LogP contribution is 2.35. The van der Waals surface area contributed by atoms with Crippen LogP contribution in [0.5, 0.6) is 11.5 Å². The predicted octanol–water partition coefficient (Wildman–Crippen LogP) is 3.34. The maximum absolute atomic E-state index is 13.1. The molecule has 0 bridgehead atoms. The molecule has 2 aliphatic rings. The third-order valence-corrected chi connectivity index (χ3v) is 6.29. The van der Waals surface area contributed by atoms with Crippen molar-refractivity contribution < 1.29 is 37.8 Å². The quantitative estimate of drug-likeness (QED) is 0.315. The van der Waals surface area contributed by atoms with E-state index in [2.05, 4.69) is 0 Å². The molecule has 11 heteroatoms. The first-order chi connectivity index (χ1) is 17.4. The van der Waals surface area contributed by atoms with Crippen molar-refractivity contribution in [3.63, 3.8) is 0 Å². The van der Waals surface area contributed by atoms with Crippen LogP contribution in [0, 0.1) is 5.82 Å². The van der Waals surface area contributed by atoms with Gasteiger partial charge in [-0.2, -0.15) is 0 Å². The molecule has 2 aromatic rings. The van der Waals surface area contributed by atoms with E-state index in [1.807, 2.05) is 0 Å². The number of nitrogens with zero attached hydrogens (tertiary/aromatic N) is 2. The second kappa shape index (κ2) is 11.4. The molecule has 2 aliphatic heterocycles. The van der Waals surface area contributed by atoms with Gasteiger partial charge in [-0.25, -0.2) is 9.18 Å². The first-order valence-corrected chi connectivity index (χ1v) is 12.0. The minimum atomic E-state index is -0.685. The van der Waals surface area contributed by atoms with Gasteiger partial charge in [-0.05, 0) is 66.7 Å². The maximum Gasteiger partial charge on any atom is 0.343 e. The number of amides is 3. The van der Waals surface area contributed by atoms with Crippen LogP contribution in [0.2, 0.25) is 0 Å². The van der Waals surface area contributed by atoms with E-state index in [9.17, 15) is 23.6 Å². The van der Waals surface area contributed by atoms with Gasteiger partial charge < -0.3 is 19.1 Å². The maximum atomic E-state index is 13.1. The first kappa shape index (κ1) is 25.4. The van der Waals surface area contributed by atoms with E-state index in [4.69, 9.17) is 14.2 Å². The van der Waals surface area contributed by atoms with E-state index < -0.39 is 22.9 Å². The van der Waals surface area contributed by atoms with Gasteiger partial charge in [0.15, 0.2) is 11.5 Å². The fourth-order valence-corrected chi connectivity index (χ4v) is 4.39. The number of carbonyl (C=O) groups is 4. The Morgan fingerprint density at radius 2 is 1.81 bits per heavy atom. The van der Waals surface area contributed by atoms with E-state index >= 15 is 0 Å². The van der Waals surface area contributed by atoms with Crippen LogP contribution < -0.4 is 9.47 Å². The lowest BCUT2D eigenvalue weighted by Gasteiger charge is -2.28. The van der Waals surface area contributed by atoms with Gasteiger partial charge in [0.1, 0.15) is 12.4 Å². The van der Waals surface area contributed by atoms with Gasteiger partial charge in [-0.15, -0.1) is 0 Å². The standard InChI is InChI=1S/C25H23FN2O7S/c1-2-34-20-13-16(3-8-19(20)35-24(31)17-4-6-18(26)7-5-17)14-21-23(30)28(25(32)36-21)15-22(29)27-9-11-33-12-10-27/h3-8,13-14H,2,9-12,15H2,1H3/b21-14-. The summed E-state index contributed by atoms with van der Waals surface area (Å²) in [6.45, 7) is 3.40. The van der Waals surface area contributed by atoms with Gasteiger partial charge in [0, 0.05) is 13.1 Å². The second-order valence-corrected chi connectivity index (χ2v) is 8.79. The highest BCUT2D eigenvalue weighted by atomic mass is 32.2. The van der Waals surface area contributed by atoms with Gasteiger partial charge in [-0.1, -0.05) is 6.07 Å². The Morgan fingerprint density at radius 3 is 2.50 bits per heavy atom. The van der Waals surface area contributed by atoms with Gasteiger partial charge in [0.25, 0.3) is 11.1 Å². The van der Waals surface area contributed by atoms with Crippen molar-refractivity contribution in [2.75, 3.05) is 39.5 Å². The lowest BCUT2D eigenvalue weighted by atomic mass is 10.1. The average Bonchev–Trinajstić information content (AvgIpc) is 3.13. The number of thioether (sulfide) groups is 1. The second-order valence-electron chi connectivity index (χ2n) is 7.80. The minimum Gasteiger partial charge on any atom is -0.490 e. The number of hydrogen-bond donors (Lipinski definition) is 0. The van der Waals surface area contributed by atoms with Crippen molar-refractivity contribution >= 4 is 40.9 Å². The molecule has 2 heterocycles. The molecule has 0 saturated carbocycles. The number of esters is 1. The molecule has 0 unspecified atom stereocenters. The van der Waals surface area contributed by atoms with Crippen LogP contribution in [0.3, 0.4) is 0 Å². The molecule has 0 aromatic heterocycles. The molecule has 4 rings (SSSR count). The molecule has 0 spiro atoms. The third-order valence-electron chi connectivity index (χ3n) is 5.38. The highest BCUT2D eigenvalue weighted by molar-refractivity contribution is 8.18. The van der Waals surface area contributed by atoms with Crippen LogP contribution in [-0.2, 0) is 14.3 Å². The van der Waals surface area contributed by atoms with Crippen molar-refractivity contribution in [2.24, 2.45) is 0 Å². The largest absolute Gasteiger partial charge is 0.490 e. The van der Waals surface area contributed by atoms with Crippen molar-refractivity contribution in [1.29, 1.82) is 0 Å². The Morgan fingerprint density at radius 1 is 1.08 bits per heavy atom. The summed E-state index contributed by atoms with van der Waals surface area (Å²) in [6.07, 6.45) is 1.51. The van der Waals surface area contributed by atoms with Crippen LogP contribution in [-0.4, -0.2) is 72.3 Å². The number of imide groups is 1. The zero-order valence-electron chi connectivity index (χ0n) is 19.4. The summed E-state index contributed by atoms with van der Waals surface area (Å²) in [6, 6.07) is 9.62. The van der Waals surface area contributed by atoms with Crippen LogP contribution in [0.25, 0.3) is 6.08 Å². The van der Waals surface area contributed by atoms with Gasteiger partial charge in [0.2, 0.25) is 5.91 Å². The number of halogens is 1.